The van der Waals surface area contributed by atoms with Gasteiger partial charge in [0, 0.05) is 12.2 Å². The van der Waals surface area contributed by atoms with Gasteiger partial charge in [-0.05, 0) is 37.2 Å². The average molecular weight is 403 g/mol. The number of carboxylic acid groups (broad SMARTS) is 1. The molecule has 1 atom stereocenters. The number of hydrogen-bond donors (Lipinski definition) is 5. The Hall–Kier alpha value is -2.43. The first-order chi connectivity index (χ1) is 11.8. The summed E-state index contributed by atoms with van der Waals surface area (Å²) in [6.45, 7) is 0.742. The third-order valence-corrected chi connectivity index (χ3v) is 3.47. The number of halogens is 1. The number of thiocarbonyl (C=S) groups is 1. The van der Waals surface area contributed by atoms with Gasteiger partial charge in [-0.2, -0.15) is 0 Å². The zero-order valence-electron chi connectivity index (χ0n) is 14.0. The molecule has 144 valence electrons. The van der Waals surface area contributed by atoms with Crippen LogP contribution in [0.5, 0.6) is 0 Å². The number of benzene rings is 1. The molecule has 9 nitrogen and oxygen atoms in total. The van der Waals surface area contributed by atoms with Gasteiger partial charge in [0.25, 0.3) is 0 Å². The van der Waals surface area contributed by atoms with E-state index in [0.717, 1.165) is 5.69 Å². The van der Waals surface area contributed by atoms with Gasteiger partial charge in [-0.15, -0.1) is 12.4 Å². The number of aliphatic carboxylic acids is 1. The highest BCUT2D eigenvalue weighted by Crippen LogP contribution is 2.15. The number of aliphatic imine (C=N–C) groups is 1. The van der Waals surface area contributed by atoms with Gasteiger partial charge in [0.1, 0.15) is 12.6 Å². The summed E-state index contributed by atoms with van der Waals surface area (Å²) in [5.41, 5.74) is 16.3. The molecule has 1 saturated heterocycles. The predicted molar refractivity (Wildman–Crippen MR) is 107 cm³/mol. The van der Waals surface area contributed by atoms with E-state index in [1.165, 1.54) is 0 Å². The van der Waals surface area contributed by atoms with Gasteiger partial charge in [-0.1, -0.05) is 18.2 Å². The highest BCUT2D eigenvalue weighted by molar-refractivity contribution is 7.80. The number of carbonyl (C=O) groups excluding carboxylic acids is 1. The number of amides is 1. The van der Waals surface area contributed by atoms with E-state index in [-0.39, 0.29) is 24.3 Å². The first kappa shape index (κ1) is 23.6. The minimum Gasteiger partial charge on any atom is -0.480 e. The van der Waals surface area contributed by atoms with Crippen LogP contribution in [-0.2, 0) is 9.59 Å². The second-order valence-electron chi connectivity index (χ2n) is 5.17. The van der Waals surface area contributed by atoms with Crippen molar-refractivity contribution < 1.29 is 14.7 Å². The van der Waals surface area contributed by atoms with Crippen LogP contribution < -0.4 is 27.4 Å². The maximum atomic E-state index is 11.0. The van der Waals surface area contributed by atoms with Crippen molar-refractivity contribution in [1.82, 2.24) is 5.32 Å². The molecule has 26 heavy (non-hydrogen) atoms. The fourth-order valence-corrected chi connectivity index (χ4v) is 2.18. The van der Waals surface area contributed by atoms with E-state index in [9.17, 15) is 9.59 Å². The molecule has 11 heteroatoms. The Morgan fingerprint density at radius 2 is 1.96 bits per heavy atom. The predicted octanol–water partition coefficient (Wildman–Crippen LogP) is -0.219. The van der Waals surface area contributed by atoms with Crippen molar-refractivity contribution in [2.24, 2.45) is 22.2 Å². The standard InChI is InChI=1S/C9H8N2OS.C6H14N4O2.ClH/c12-8-6-11(9(13)10-8)7-4-2-1-3-5-7;7-4(5(11)12)2-1-3-10-6(8)9;/h1-5H,6H2,(H,10,12,13);4H,1-3,7H2,(H,11,12)(H4,8,9,10);1H/t;4-;/m.0./s1. The van der Waals surface area contributed by atoms with Gasteiger partial charge in [-0.25, -0.2) is 0 Å². The van der Waals surface area contributed by atoms with Crippen LogP contribution in [0.4, 0.5) is 5.69 Å². The molecule has 8 N–H and O–H groups in total. The van der Waals surface area contributed by atoms with Crippen molar-refractivity contribution in [2.75, 3.05) is 18.0 Å². The lowest BCUT2D eigenvalue weighted by Gasteiger charge is -2.14. The lowest BCUT2D eigenvalue weighted by atomic mass is 10.2. The molecule has 1 aromatic rings. The summed E-state index contributed by atoms with van der Waals surface area (Å²) in [6.07, 6.45) is 0.956. The summed E-state index contributed by atoms with van der Waals surface area (Å²) in [4.78, 5) is 26.7. The molecule has 0 radical (unpaired) electrons. The Labute approximate surface area is 163 Å². The Bertz CT molecular complexity index is 640. The van der Waals surface area contributed by atoms with E-state index in [2.05, 4.69) is 10.3 Å². The fourth-order valence-electron chi connectivity index (χ4n) is 1.90. The summed E-state index contributed by atoms with van der Waals surface area (Å²) in [5.74, 6) is -1.03. The first-order valence-electron chi connectivity index (χ1n) is 7.51. The zero-order chi connectivity index (χ0) is 18.8. The maximum absolute atomic E-state index is 11.0. The van der Waals surface area contributed by atoms with Crippen LogP contribution in [0.3, 0.4) is 0 Å². The molecule has 1 heterocycles. The zero-order valence-corrected chi connectivity index (χ0v) is 15.6. The molecule has 0 spiro atoms. The van der Waals surface area contributed by atoms with E-state index < -0.39 is 12.0 Å². The third kappa shape index (κ3) is 8.60. The number of carbonyl (C=O) groups is 2. The largest absolute Gasteiger partial charge is 0.480 e. The van der Waals surface area contributed by atoms with E-state index in [0.29, 0.717) is 31.0 Å². The monoisotopic (exact) mass is 402 g/mol. The summed E-state index contributed by atoms with van der Waals surface area (Å²) < 4.78 is 0. The van der Waals surface area contributed by atoms with E-state index in [1.807, 2.05) is 30.3 Å². The number of hydrogen-bond acceptors (Lipinski definition) is 5. The molecule has 0 saturated carbocycles. The second-order valence-corrected chi connectivity index (χ2v) is 5.56. The minimum atomic E-state index is -1.00. The van der Waals surface area contributed by atoms with E-state index >= 15 is 0 Å². The normalized spacial score (nSPS) is 13.7. The highest BCUT2D eigenvalue weighted by atomic mass is 35.5. The van der Waals surface area contributed by atoms with Crippen molar-refractivity contribution in [3.63, 3.8) is 0 Å². The highest BCUT2D eigenvalue weighted by Gasteiger charge is 2.23. The lowest BCUT2D eigenvalue weighted by molar-refractivity contribution is -0.138. The number of rotatable bonds is 6. The number of anilines is 1. The molecule has 0 unspecified atom stereocenters. The van der Waals surface area contributed by atoms with Gasteiger partial charge in [0.2, 0.25) is 5.91 Å². The van der Waals surface area contributed by atoms with E-state index in [4.69, 9.17) is 34.5 Å². The number of nitrogens with two attached hydrogens (primary N) is 3. The second kappa shape index (κ2) is 12.0. The van der Waals surface area contributed by atoms with Crippen LogP contribution >= 0.6 is 24.6 Å². The van der Waals surface area contributed by atoms with Crippen LogP contribution in [0.25, 0.3) is 0 Å². The molecule has 1 aliphatic heterocycles. The van der Waals surface area contributed by atoms with Crippen molar-refractivity contribution >= 4 is 53.3 Å². The first-order valence-corrected chi connectivity index (χ1v) is 7.92. The number of para-hydroxylation sites is 1. The van der Waals surface area contributed by atoms with Crippen LogP contribution in [0.15, 0.2) is 35.3 Å². The van der Waals surface area contributed by atoms with Crippen molar-refractivity contribution in [2.45, 2.75) is 18.9 Å². The fraction of sp³-hybridized carbons (Fsp3) is 0.333. The van der Waals surface area contributed by atoms with Gasteiger partial charge in [-0.3, -0.25) is 14.6 Å². The smallest absolute Gasteiger partial charge is 0.320 e. The quantitative estimate of drug-likeness (QED) is 0.189. The number of guanidine groups is 1. The number of carboxylic acids is 1. The van der Waals surface area contributed by atoms with Crippen LogP contribution in [-0.4, -0.2) is 47.2 Å². The Kier molecular flexibility index (Phi) is 10.9. The Balaban J connectivity index is 0.000000466. The third-order valence-electron chi connectivity index (χ3n) is 3.15. The molecule has 0 aliphatic carbocycles. The minimum absolute atomic E-state index is 0. The molecule has 2 rings (SSSR count). The molecule has 0 aromatic heterocycles. The molecule has 1 amide bonds. The van der Waals surface area contributed by atoms with Crippen LogP contribution in [0.1, 0.15) is 12.8 Å². The van der Waals surface area contributed by atoms with Gasteiger partial charge < -0.3 is 32.5 Å². The van der Waals surface area contributed by atoms with Gasteiger partial charge >= 0.3 is 5.97 Å². The van der Waals surface area contributed by atoms with Crippen LogP contribution in [0, 0.1) is 0 Å². The summed E-state index contributed by atoms with van der Waals surface area (Å²) in [5, 5.41) is 11.4. The molecular formula is C15H23ClN6O3S. The topological polar surface area (TPSA) is 160 Å². The van der Waals surface area contributed by atoms with Gasteiger partial charge in [0.05, 0.1) is 0 Å². The molecule has 1 aromatic carbocycles. The molecule has 1 fully saturated rings. The maximum Gasteiger partial charge on any atom is 0.320 e. The molecule has 1 aliphatic rings. The van der Waals surface area contributed by atoms with Gasteiger partial charge in [0.15, 0.2) is 11.1 Å². The average Bonchev–Trinajstić information content (AvgIpc) is 2.91. The Morgan fingerprint density at radius 1 is 1.35 bits per heavy atom. The number of nitrogens with one attached hydrogen (secondary N) is 1. The Morgan fingerprint density at radius 3 is 2.42 bits per heavy atom. The van der Waals surface area contributed by atoms with Crippen molar-refractivity contribution in [3.8, 4) is 0 Å². The summed E-state index contributed by atoms with van der Waals surface area (Å²) in [6, 6.07) is 8.79. The van der Waals surface area contributed by atoms with Crippen LogP contribution in [0.2, 0.25) is 0 Å². The van der Waals surface area contributed by atoms with Crippen molar-refractivity contribution in [1.29, 1.82) is 0 Å². The van der Waals surface area contributed by atoms with E-state index in [1.54, 1.807) is 4.90 Å². The SMILES string of the molecule is Cl.NC(N)=NCCC[C@H](N)C(=O)O.O=C1CN(c2ccccc2)C(=S)N1. The number of nitrogens with zero attached hydrogens (tertiary/aromatic N) is 2. The lowest BCUT2D eigenvalue weighted by Crippen LogP contribution is -2.30. The van der Waals surface area contributed by atoms with Crippen molar-refractivity contribution in [3.05, 3.63) is 30.3 Å². The summed E-state index contributed by atoms with van der Waals surface area (Å²) >= 11 is 4.99. The molecule has 0 bridgehead atoms. The summed E-state index contributed by atoms with van der Waals surface area (Å²) in [7, 11) is 0. The molecular weight excluding hydrogens is 380 g/mol.